The van der Waals surface area contributed by atoms with Crippen molar-refractivity contribution < 1.29 is 0 Å². The second-order valence-corrected chi connectivity index (χ2v) is 5.32. The Balaban J connectivity index is 2.77. The molecule has 2 atom stereocenters. The second kappa shape index (κ2) is 6.77. The van der Waals surface area contributed by atoms with Crippen LogP contribution >= 0.6 is 0 Å². The van der Waals surface area contributed by atoms with Crippen LogP contribution in [-0.2, 0) is 6.42 Å². The summed E-state index contributed by atoms with van der Waals surface area (Å²) >= 11 is 0. The molecule has 0 heterocycles. The molecule has 0 aliphatic rings. The molecule has 0 spiro atoms. The van der Waals surface area contributed by atoms with Gasteiger partial charge in [-0.2, -0.15) is 0 Å². The summed E-state index contributed by atoms with van der Waals surface area (Å²) in [5.74, 6) is 1.17. The quantitative estimate of drug-likeness (QED) is 0.794. The van der Waals surface area contributed by atoms with E-state index in [1.165, 1.54) is 11.1 Å². The highest BCUT2D eigenvalue weighted by Crippen LogP contribution is 2.21. The Bertz CT molecular complexity index is 316. The summed E-state index contributed by atoms with van der Waals surface area (Å²) in [5, 5.41) is 3.35. The summed E-state index contributed by atoms with van der Waals surface area (Å²) in [6, 6.07) is 9.29. The number of hydrogen-bond donors (Lipinski definition) is 2. The third kappa shape index (κ3) is 4.14. The molecule has 0 aliphatic carbocycles. The fourth-order valence-corrected chi connectivity index (χ4v) is 2.25. The minimum atomic E-state index is 0.355. The molecule has 2 unspecified atom stereocenters. The molecule has 2 heteroatoms. The summed E-state index contributed by atoms with van der Waals surface area (Å²) in [6.45, 7) is 7.39. The fourth-order valence-electron chi connectivity index (χ4n) is 2.25. The van der Waals surface area contributed by atoms with Gasteiger partial charge in [-0.05, 0) is 43.0 Å². The summed E-state index contributed by atoms with van der Waals surface area (Å²) in [7, 11) is 2.00. The Kier molecular flexibility index (Phi) is 5.66. The predicted molar refractivity (Wildman–Crippen MR) is 75.0 cm³/mol. The maximum Gasteiger partial charge on any atom is 0.0355 e. The third-order valence-corrected chi connectivity index (χ3v) is 3.23. The number of benzene rings is 1. The molecule has 0 amide bonds. The van der Waals surface area contributed by atoms with Gasteiger partial charge in [0.05, 0.1) is 0 Å². The van der Waals surface area contributed by atoms with Crippen molar-refractivity contribution in [2.75, 3.05) is 13.6 Å². The smallest absolute Gasteiger partial charge is 0.0355 e. The van der Waals surface area contributed by atoms with E-state index < -0.39 is 0 Å². The van der Waals surface area contributed by atoms with Crippen molar-refractivity contribution >= 4 is 0 Å². The van der Waals surface area contributed by atoms with Crippen molar-refractivity contribution in [3.05, 3.63) is 35.4 Å². The average molecular weight is 234 g/mol. The number of nitrogens with two attached hydrogens (primary N) is 1. The average Bonchev–Trinajstić information content (AvgIpc) is 2.31. The molecule has 3 N–H and O–H groups in total. The van der Waals surface area contributed by atoms with Crippen LogP contribution in [0.15, 0.2) is 24.3 Å². The van der Waals surface area contributed by atoms with Crippen molar-refractivity contribution in [1.29, 1.82) is 0 Å². The van der Waals surface area contributed by atoms with Gasteiger partial charge in [0.15, 0.2) is 0 Å². The molecule has 2 nitrogen and oxygen atoms in total. The Morgan fingerprint density at radius 3 is 2.12 bits per heavy atom. The Labute approximate surface area is 106 Å². The van der Waals surface area contributed by atoms with Crippen LogP contribution in [0.5, 0.6) is 0 Å². The molecule has 0 aromatic heterocycles. The van der Waals surface area contributed by atoms with E-state index in [1.54, 1.807) is 0 Å². The highest BCUT2D eigenvalue weighted by molar-refractivity contribution is 5.25. The number of nitrogens with one attached hydrogen (secondary N) is 1. The topological polar surface area (TPSA) is 38.0 Å². The van der Waals surface area contributed by atoms with Gasteiger partial charge in [-0.25, -0.2) is 0 Å². The first-order valence-electron chi connectivity index (χ1n) is 6.54. The highest BCUT2D eigenvalue weighted by Gasteiger charge is 2.15. The molecule has 0 bridgehead atoms. The maximum atomic E-state index is 5.74. The zero-order valence-electron chi connectivity index (χ0n) is 11.5. The fraction of sp³-hybridized carbons (Fsp3) is 0.600. The van der Waals surface area contributed by atoms with Crippen LogP contribution in [0.25, 0.3) is 0 Å². The third-order valence-electron chi connectivity index (χ3n) is 3.23. The molecular weight excluding hydrogens is 208 g/mol. The summed E-state index contributed by atoms with van der Waals surface area (Å²) < 4.78 is 0. The van der Waals surface area contributed by atoms with E-state index in [2.05, 4.69) is 50.4 Å². The lowest BCUT2D eigenvalue weighted by atomic mass is 9.93. The van der Waals surface area contributed by atoms with Crippen molar-refractivity contribution in [2.24, 2.45) is 17.6 Å². The van der Waals surface area contributed by atoms with Gasteiger partial charge >= 0.3 is 0 Å². The largest absolute Gasteiger partial charge is 0.330 e. The lowest BCUT2D eigenvalue weighted by Crippen LogP contribution is -2.28. The van der Waals surface area contributed by atoms with Crippen LogP contribution in [-0.4, -0.2) is 13.6 Å². The van der Waals surface area contributed by atoms with E-state index >= 15 is 0 Å². The van der Waals surface area contributed by atoms with Crippen LogP contribution in [0.2, 0.25) is 0 Å². The molecule has 1 aromatic rings. The zero-order valence-corrected chi connectivity index (χ0v) is 11.5. The highest BCUT2D eigenvalue weighted by atomic mass is 14.9. The van der Waals surface area contributed by atoms with Gasteiger partial charge in [0.1, 0.15) is 0 Å². The minimum Gasteiger partial charge on any atom is -0.330 e. The Hall–Kier alpha value is -0.860. The number of hydrogen-bond acceptors (Lipinski definition) is 2. The van der Waals surface area contributed by atoms with Crippen LogP contribution in [0.4, 0.5) is 0 Å². The normalized spacial score (nSPS) is 14.9. The standard InChI is InChI=1S/C15H26N2/c1-11(2)9-13-5-7-14(8-6-13)15(17-4)12(3)10-16/h5-8,11-12,15,17H,9-10,16H2,1-4H3. The summed E-state index contributed by atoms with van der Waals surface area (Å²) in [5.41, 5.74) is 8.49. The zero-order chi connectivity index (χ0) is 12.8. The van der Waals surface area contributed by atoms with Gasteiger partial charge in [0, 0.05) is 6.04 Å². The van der Waals surface area contributed by atoms with Gasteiger partial charge in [-0.1, -0.05) is 45.0 Å². The van der Waals surface area contributed by atoms with Gasteiger partial charge in [0.25, 0.3) is 0 Å². The molecule has 0 saturated carbocycles. The van der Waals surface area contributed by atoms with Crippen LogP contribution in [0, 0.1) is 11.8 Å². The number of rotatable bonds is 6. The second-order valence-electron chi connectivity index (χ2n) is 5.32. The lowest BCUT2D eigenvalue weighted by Gasteiger charge is -2.23. The van der Waals surface area contributed by atoms with Gasteiger partial charge < -0.3 is 11.1 Å². The molecule has 0 radical (unpaired) electrons. The summed E-state index contributed by atoms with van der Waals surface area (Å²) in [6.07, 6.45) is 1.15. The Morgan fingerprint density at radius 2 is 1.71 bits per heavy atom. The first-order valence-corrected chi connectivity index (χ1v) is 6.54. The predicted octanol–water partition coefficient (Wildman–Crippen LogP) is 2.74. The van der Waals surface area contributed by atoms with E-state index in [1.807, 2.05) is 7.05 Å². The molecule has 96 valence electrons. The van der Waals surface area contributed by atoms with Crippen molar-refractivity contribution in [3.63, 3.8) is 0 Å². The van der Waals surface area contributed by atoms with E-state index in [4.69, 9.17) is 5.73 Å². The van der Waals surface area contributed by atoms with E-state index in [9.17, 15) is 0 Å². The van der Waals surface area contributed by atoms with Crippen molar-refractivity contribution in [3.8, 4) is 0 Å². The monoisotopic (exact) mass is 234 g/mol. The van der Waals surface area contributed by atoms with E-state index in [0.717, 1.165) is 6.42 Å². The molecular formula is C15H26N2. The van der Waals surface area contributed by atoms with Crippen LogP contribution in [0.3, 0.4) is 0 Å². The van der Waals surface area contributed by atoms with E-state index in [-0.39, 0.29) is 0 Å². The minimum absolute atomic E-state index is 0.355. The van der Waals surface area contributed by atoms with Gasteiger partial charge in [-0.3, -0.25) is 0 Å². The van der Waals surface area contributed by atoms with Crippen LogP contribution in [0.1, 0.15) is 37.9 Å². The van der Waals surface area contributed by atoms with Crippen molar-refractivity contribution in [2.45, 2.75) is 33.2 Å². The first kappa shape index (κ1) is 14.2. The molecule has 17 heavy (non-hydrogen) atoms. The van der Waals surface area contributed by atoms with Gasteiger partial charge in [-0.15, -0.1) is 0 Å². The summed E-state index contributed by atoms with van der Waals surface area (Å²) in [4.78, 5) is 0. The molecule has 0 fully saturated rings. The maximum absolute atomic E-state index is 5.74. The van der Waals surface area contributed by atoms with Crippen molar-refractivity contribution in [1.82, 2.24) is 5.32 Å². The van der Waals surface area contributed by atoms with Gasteiger partial charge in [0.2, 0.25) is 0 Å². The molecule has 1 aromatic carbocycles. The molecule has 1 rings (SSSR count). The Morgan fingerprint density at radius 1 is 1.12 bits per heavy atom. The van der Waals surface area contributed by atoms with Crippen LogP contribution < -0.4 is 11.1 Å². The molecule has 0 aliphatic heterocycles. The molecule has 0 saturated heterocycles. The van der Waals surface area contributed by atoms with E-state index in [0.29, 0.717) is 24.4 Å². The SMILES string of the molecule is CNC(c1ccc(CC(C)C)cc1)C(C)CN. The lowest BCUT2D eigenvalue weighted by molar-refractivity contribution is 0.419. The first-order chi connectivity index (χ1) is 8.08.